The number of carbonyl (C=O) groups excluding carboxylic acids is 1. The van der Waals surface area contributed by atoms with Crippen LogP contribution in [0.15, 0.2) is 48.0 Å². The summed E-state index contributed by atoms with van der Waals surface area (Å²) in [6, 6.07) is 10.2. The minimum absolute atomic E-state index is 0.00652. The topological polar surface area (TPSA) is 66.3 Å². The third kappa shape index (κ3) is 3.50. The smallest absolute Gasteiger partial charge is 0.263 e. The van der Waals surface area contributed by atoms with Crippen LogP contribution in [0.3, 0.4) is 0 Å². The van der Waals surface area contributed by atoms with E-state index in [1.807, 2.05) is 41.2 Å². The Morgan fingerprint density at radius 3 is 3.07 bits per heavy atom. The van der Waals surface area contributed by atoms with Gasteiger partial charge in [-0.05, 0) is 37.1 Å². The van der Waals surface area contributed by atoms with Crippen LogP contribution >= 0.6 is 22.7 Å². The summed E-state index contributed by atoms with van der Waals surface area (Å²) in [4.78, 5) is 21.6. The summed E-state index contributed by atoms with van der Waals surface area (Å²) in [5.74, 6) is -0.273. The number of fused-ring (bicyclic) bond motifs is 3. The van der Waals surface area contributed by atoms with Gasteiger partial charge in [-0.1, -0.05) is 12.1 Å². The number of hydrogen-bond acceptors (Lipinski definition) is 5. The molecule has 0 unspecified atom stereocenters. The molecule has 0 aliphatic carbocycles. The quantitative estimate of drug-likeness (QED) is 0.412. The number of benzene rings is 1. The van der Waals surface area contributed by atoms with Crippen molar-refractivity contribution in [1.29, 1.82) is 0 Å². The Morgan fingerprint density at radius 1 is 1.30 bits per heavy atom. The fourth-order valence-corrected chi connectivity index (χ4v) is 5.23. The highest BCUT2D eigenvalue weighted by atomic mass is 32.1. The van der Waals surface area contributed by atoms with Crippen molar-refractivity contribution in [3.05, 3.63) is 64.4 Å². The van der Waals surface area contributed by atoms with Gasteiger partial charge in [0.05, 0.1) is 16.1 Å². The molecule has 5 aromatic rings. The number of hydrogen-bond donors (Lipinski definition) is 1. The summed E-state index contributed by atoms with van der Waals surface area (Å²) in [6.45, 7) is 0.629. The SMILES string of the molecule is CN(CCCc1cc(-c2cccc(F)c2)n[nH]1)C(=O)c1cc2c(nc3sccn32)s1. The number of nitrogens with one attached hydrogen (secondary N) is 1. The summed E-state index contributed by atoms with van der Waals surface area (Å²) < 4.78 is 15.4. The van der Waals surface area contributed by atoms with E-state index in [1.54, 1.807) is 22.3 Å². The molecule has 0 saturated carbocycles. The van der Waals surface area contributed by atoms with E-state index in [0.29, 0.717) is 11.4 Å². The molecule has 4 heterocycles. The Morgan fingerprint density at radius 2 is 2.20 bits per heavy atom. The zero-order valence-electron chi connectivity index (χ0n) is 16.1. The normalized spacial score (nSPS) is 11.5. The average molecular weight is 440 g/mol. The summed E-state index contributed by atoms with van der Waals surface area (Å²) in [6.07, 6.45) is 3.53. The molecule has 6 nitrogen and oxygen atoms in total. The van der Waals surface area contributed by atoms with Crippen molar-refractivity contribution >= 4 is 43.9 Å². The maximum absolute atomic E-state index is 13.4. The Kier molecular flexibility index (Phi) is 4.84. The molecule has 0 fully saturated rings. The molecule has 30 heavy (non-hydrogen) atoms. The summed E-state index contributed by atoms with van der Waals surface area (Å²) >= 11 is 3.02. The van der Waals surface area contributed by atoms with Crippen LogP contribution in [-0.4, -0.2) is 44.0 Å². The van der Waals surface area contributed by atoms with Gasteiger partial charge < -0.3 is 4.90 Å². The molecule has 0 atom stereocenters. The molecule has 0 radical (unpaired) electrons. The number of imidazole rings is 1. The van der Waals surface area contributed by atoms with E-state index in [1.165, 1.54) is 23.5 Å². The average Bonchev–Trinajstić information content (AvgIpc) is 3.49. The molecule has 1 N–H and O–H groups in total. The molecule has 0 aliphatic rings. The number of aromatic nitrogens is 4. The van der Waals surface area contributed by atoms with E-state index in [4.69, 9.17) is 0 Å². The number of aromatic amines is 1. The lowest BCUT2D eigenvalue weighted by atomic mass is 10.1. The van der Waals surface area contributed by atoms with Crippen molar-refractivity contribution in [3.63, 3.8) is 0 Å². The molecular formula is C21H18FN5OS2. The lowest BCUT2D eigenvalue weighted by Gasteiger charge is -2.15. The minimum atomic E-state index is -0.279. The fraction of sp³-hybridized carbons (Fsp3) is 0.190. The van der Waals surface area contributed by atoms with Crippen molar-refractivity contribution in [3.8, 4) is 11.3 Å². The van der Waals surface area contributed by atoms with Crippen LogP contribution in [-0.2, 0) is 6.42 Å². The zero-order chi connectivity index (χ0) is 20.7. The molecule has 1 amide bonds. The largest absolute Gasteiger partial charge is 0.341 e. The van der Waals surface area contributed by atoms with E-state index in [9.17, 15) is 9.18 Å². The molecule has 0 aliphatic heterocycles. The Balaban J connectivity index is 1.20. The van der Waals surface area contributed by atoms with Crippen molar-refractivity contribution in [2.45, 2.75) is 12.8 Å². The summed E-state index contributed by atoms with van der Waals surface area (Å²) in [5, 5.41) is 9.26. The van der Waals surface area contributed by atoms with Crippen LogP contribution in [0, 0.1) is 5.82 Å². The molecule has 0 spiro atoms. The van der Waals surface area contributed by atoms with Gasteiger partial charge in [0.15, 0.2) is 4.96 Å². The third-order valence-corrected chi connectivity index (χ3v) is 6.75. The van der Waals surface area contributed by atoms with Crippen molar-refractivity contribution in [2.75, 3.05) is 13.6 Å². The van der Waals surface area contributed by atoms with Crippen molar-refractivity contribution in [2.24, 2.45) is 0 Å². The summed E-state index contributed by atoms with van der Waals surface area (Å²) in [5.41, 5.74) is 3.41. The molecule has 0 saturated heterocycles. The van der Waals surface area contributed by atoms with Crippen LogP contribution in [0.4, 0.5) is 4.39 Å². The second kappa shape index (κ2) is 7.66. The van der Waals surface area contributed by atoms with Crippen LogP contribution in [0.2, 0.25) is 0 Å². The summed E-state index contributed by atoms with van der Waals surface area (Å²) in [7, 11) is 1.82. The first-order valence-electron chi connectivity index (χ1n) is 9.49. The van der Waals surface area contributed by atoms with E-state index >= 15 is 0 Å². The van der Waals surface area contributed by atoms with Crippen LogP contribution in [0.1, 0.15) is 21.8 Å². The lowest BCUT2D eigenvalue weighted by Crippen LogP contribution is -2.27. The van der Waals surface area contributed by atoms with Gasteiger partial charge in [-0.3, -0.25) is 14.3 Å². The first-order valence-corrected chi connectivity index (χ1v) is 11.2. The highest BCUT2D eigenvalue weighted by Gasteiger charge is 2.18. The number of aryl methyl sites for hydroxylation is 1. The van der Waals surface area contributed by atoms with Gasteiger partial charge in [0.2, 0.25) is 0 Å². The van der Waals surface area contributed by atoms with Crippen molar-refractivity contribution in [1.82, 2.24) is 24.5 Å². The standard InChI is InChI=1S/C21H18FN5OS2/c1-26(20(28)18-12-17-19(30-18)23-21-27(17)8-9-29-21)7-3-6-15-11-16(25-24-15)13-4-2-5-14(22)10-13/h2,4-5,8-12H,3,6-7H2,1H3,(H,24,25). The van der Waals surface area contributed by atoms with Gasteiger partial charge in [-0.25, -0.2) is 9.37 Å². The fourth-order valence-electron chi connectivity index (χ4n) is 3.43. The predicted molar refractivity (Wildman–Crippen MR) is 118 cm³/mol. The lowest BCUT2D eigenvalue weighted by molar-refractivity contribution is 0.0798. The number of rotatable bonds is 6. The highest BCUT2D eigenvalue weighted by Crippen LogP contribution is 2.29. The molecule has 152 valence electrons. The van der Waals surface area contributed by atoms with Gasteiger partial charge >= 0.3 is 0 Å². The Hall–Kier alpha value is -3.04. The highest BCUT2D eigenvalue weighted by molar-refractivity contribution is 7.21. The van der Waals surface area contributed by atoms with Crippen LogP contribution < -0.4 is 0 Å². The van der Waals surface area contributed by atoms with Gasteiger partial charge in [-0.2, -0.15) is 5.10 Å². The van der Waals surface area contributed by atoms with Gasteiger partial charge in [-0.15, -0.1) is 22.7 Å². The minimum Gasteiger partial charge on any atom is -0.341 e. The first-order chi connectivity index (χ1) is 14.6. The van der Waals surface area contributed by atoms with E-state index in [0.717, 1.165) is 45.1 Å². The number of halogens is 1. The second-order valence-electron chi connectivity index (χ2n) is 7.09. The van der Waals surface area contributed by atoms with E-state index in [-0.39, 0.29) is 11.7 Å². The van der Waals surface area contributed by atoms with E-state index < -0.39 is 0 Å². The van der Waals surface area contributed by atoms with Crippen LogP contribution in [0.25, 0.3) is 26.6 Å². The Bertz CT molecular complexity index is 1350. The number of thiophene rings is 1. The predicted octanol–water partition coefficient (Wildman–Crippen LogP) is 4.84. The van der Waals surface area contributed by atoms with Gasteiger partial charge in [0.25, 0.3) is 5.91 Å². The number of carbonyl (C=O) groups is 1. The maximum atomic E-state index is 13.4. The Labute approximate surface area is 179 Å². The van der Waals surface area contributed by atoms with Crippen LogP contribution in [0.5, 0.6) is 0 Å². The zero-order valence-corrected chi connectivity index (χ0v) is 17.8. The molecule has 0 bridgehead atoms. The van der Waals surface area contributed by atoms with Crippen molar-refractivity contribution < 1.29 is 9.18 Å². The number of amides is 1. The monoisotopic (exact) mass is 439 g/mol. The molecule has 4 aromatic heterocycles. The second-order valence-corrected chi connectivity index (χ2v) is 8.99. The maximum Gasteiger partial charge on any atom is 0.263 e. The van der Waals surface area contributed by atoms with E-state index in [2.05, 4.69) is 15.2 Å². The molecule has 9 heteroatoms. The van der Waals surface area contributed by atoms with Gasteiger partial charge in [0, 0.05) is 36.4 Å². The number of nitrogens with zero attached hydrogens (tertiary/aromatic N) is 4. The number of thiazole rings is 1. The molecule has 1 aromatic carbocycles. The van der Waals surface area contributed by atoms with Gasteiger partial charge in [0.1, 0.15) is 10.6 Å². The molecule has 5 rings (SSSR count). The first kappa shape index (κ1) is 19.0. The molecular weight excluding hydrogens is 421 g/mol. The third-order valence-electron chi connectivity index (χ3n) is 4.99. The number of H-pyrrole nitrogens is 1.